The average molecular weight is 297 g/mol. The molecule has 3 rings (SSSR count). The summed E-state index contributed by atoms with van der Waals surface area (Å²) in [6.07, 6.45) is 2.21. The summed E-state index contributed by atoms with van der Waals surface area (Å²) >= 11 is 1.37. The fraction of sp³-hybridized carbons (Fsp3) is 0.615. The van der Waals surface area contributed by atoms with E-state index in [-0.39, 0.29) is 23.1 Å². The van der Waals surface area contributed by atoms with Crippen LogP contribution in [0.2, 0.25) is 0 Å². The molecule has 1 N–H and O–H groups in total. The van der Waals surface area contributed by atoms with Crippen LogP contribution in [0.1, 0.15) is 19.8 Å². The van der Waals surface area contributed by atoms with Gasteiger partial charge >= 0.3 is 5.97 Å². The van der Waals surface area contributed by atoms with Gasteiger partial charge in [-0.3, -0.25) is 9.69 Å². The van der Waals surface area contributed by atoms with Gasteiger partial charge in [0.1, 0.15) is 12.0 Å². The first-order chi connectivity index (χ1) is 9.56. The molecule has 108 valence electrons. The average Bonchev–Trinajstić information content (AvgIpc) is 3.03. The van der Waals surface area contributed by atoms with Crippen molar-refractivity contribution < 1.29 is 24.2 Å². The number of thioether (sulfide) groups is 1. The highest BCUT2D eigenvalue weighted by atomic mass is 32.2. The first-order valence-electron chi connectivity index (χ1n) is 6.60. The summed E-state index contributed by atoms with van der Waals surface area (Å²) < 4.78 is 5.55. The van der Waals surface area contributed by atoms with E-state index in [2.05, 4.69) is 0 Å². The van der Waals surface area contributed by atoms with Gasteiger partial charge in [-0.05, 0) is 12.8 Å². The molecule has 1 amide bonds. The molecule has 2 saturated heterocycles. The number of carboxylic acids is 1. The Bertz CT molecular complexity index is 511. The predicted molar refractivity (Wildman–Crippen MR) is 70.6 cm³/mol. The van der Waals surface area contributed by atoms with Crippen LogP contribution in [0.25, 0.3) is 0 Å². The summed E-state index contributed by atoms with van der Waals surface area (Å²) in [4.78, 5) is 36.4. The third kappa shape index (κ3) is 1.80. The first-order valence-corrected chi connectivity index (χ1v) is 7.48. The minimum absolute atomic E-state index is 0.0475. The highest BCUT2D eigenvalue weighted by Gasteiger charge is 2.58. The zero-order valence-electron chi connectivity index (χ0n) is 10.9. The number of ether oxygens (including phenoxy) is 1. The number of aliphatic carboxylic acids is 1. The maximum Gasteiger partial charge on any atom is 0.353 e. The SMILES string of the molecule is CC(C=O)[C@H]1C(=O)N2C(C(=O)O)=C(C3CCCO3)SC12. The van der Waals surface area contributed by atoms with Gasteiger partial charge in [-0.25, -0.2) is 4.79 Å². The van der Waals surface area contributed by atoms with E-state index in [1.165, 1.54) is 16.7 Å². The van der Waals surface area contributed by atoms with Crippen LogP contribution in [0.15, 0.2) is 10.6 Å². The van der Waals surface area contributed by atoms with Crippen molar-refractivity contribution in [2.45, 2.75) is 31.2 Å². The number of carboxylic acid groups (broad SMARTS) is 1. The smallest absolute Gasteiger partial charge is 0.353 e. The van der Waals surface area contributed by atoms with Crippen LogP contribution in [-0.4, -0.2) is 46.3 Å². The van der Waals surface area contributed by atoms with Gasteiger partial charge in [0.15, 0.2) is 0 Å². The third-order valence-corrected chi connectivity index (χ3v) is 5.47. The lowest BCUT2D eigenvalue weighted by atomic mass is 9.86. The Hall–Kier alpha value is -1.34. The number of nitrogens with zero attached hydrogens (tertiary/aromatic N) is 1. The summed E-state index contributed by atoms with van der Waals surface area (Å²) in [5, 5.41) is 9.11. The Morgan fingerprint density at radius 3 is 2.90 bits per heavy atom. The van der Waals surface area contributed by atoms with Crippen molar-refractivity contribution in [3.05, 3.63) is 10.6 Å². The van der Waals surface area contributed by atoms with Gasteiger partial charge in [0, 0.05) is 17.4 Å². The molecule has 0 spiro atoms. The largest absolute Gasteiger partial charge is 0.477 e. The van der Waals surface area contributed by atoms with Crippen LogP contribution in [0.3, 0.4) is 0 Å². The number of hydrogen-bond donors (Lipinski definition) is 1. The van der Waals surface area contributed by atoms with Gasteiger partial charge in [0.05, 0.1) is 17.4 Å². The number of rotatable bonds is 4. The maximum atomic E-state index is 12.1. The van der Waals surface area contributed by atoms with Crippen LogP contribution >= 0.6 is 11.8 Å². The zero-order valence-corrected chi connectivity index (χ0v) is 11.8. The molecule has 20 heavy (non-hydrogen) atoms. The van der Waals surface area contributed by atoms with Gasteiger partial charge in [0.25, 0.3) is 0 Å². The van der Waals surface area contributed by atoms with Crippen molar-refractivity contribution in [2.24, 2.45) is 11.8 Å². The lowest BCUT2D eigenvalue weighted by molar-refractivity contribution is -0.154. The Morgan fingerprint density at radius 1 is 1.60 bits per heavy atom. The zero-order chi connectivity index (χ0) is 14.4. The summed E-state index contributed by atoms with van der Waals surface area (Å²) in [6.45, 7) is 2.31. The Labute approximate surface area is 120 Å². The van der Waals surface area contributed by atoms with E-state index in [1.807, 2.05) is 0 Å². The van der Waals surface area contributed by atoms with Crippen LogP contribution in [0.5, 0.6) is 0 Å². The predicted octanol–water partition coefficient (Wildman–Crippen LogP) is 0.828. The van der Waals surface area contributed by atoms with Gasteiger partial charge in [-0.1, -0.05) is 18.7 Å². The van der Waals surface area contributed by atoms with Gasteiger partial charge < -0.3 is 14.6 Å². The van der Waals surface area contributed by atoms with Crippen LogP contribution in [-0.2, 0) is 19.1 Å². The summed E-state index contributed by atoms with van der Waals surface area (Å²) in [5.74, 6) is -2.19. The van der Waals surface area contributed by atoms with Crippen molar-refractivity contribution in [2.75, 3.05) is 6.61 Å². The minimum atomic E-state index is -1.10. The van der Waals surface area contributed by atoms with E-state index in [1.54, 1.807) is 6.92 Å². The van der Waals surface area contributed by atoms with Crippen molar-refractivity contribution >= 4 is 29.9 Å². The van der Waals surface area contributed by atoms with Gasteiger partial charge in [0.2, 0.25) is 5.91 Å². The Morgan fingerprint density at radius 2 is 2.35 bits per heavy atom. The highest BCUT2D eigenvalue weighted by Crippen LogP contribution is 2.53. The molecule has 2 fully saturated rings. The van der Waals surface area contributed by atoms with Crippen LogP contribution in [0, 0.1) is 11.8 Å². The number of β-lactam (4-membered cyclic amide) rings is 1. The monoisotopic (exact) mass is 297 g/mol. The fourth-order valence-electron chi connectivity index (χ4n) is 2.94. The first kappa shape index (κ1) is 13.6. The number of carbonyl (C=O) groups excluding carboxylic acids is 2. The van der Waals surface area contributed by atoms with Crippen molar-refractivity contribution in [1.82, 2.24) is 4.90 Å². The molecule has 0 radical (unpaired) electrons. The lowest BCUT2D eigenvalue weighted by Crippen LogP contribution is -2.59. The minimum Gasteiger partial charge on any atom is -0.477 e. The molecule has 3 unspecified atom stereocenters. The van der Waals surface area contributed by atoms with Crippen LogP contribution in [0.4, 0.5) is 0 Å². The molecule has 3 heterocycles. The van der Waals surface area contributed by atoms with Gasteiger partial charge in [-0.2, -0.15) is 0 Å². The molecule has 0 aromatic heterocycles. The number of fused-ring (bicyclic) bond motifs is 1. The molecule has 6 nitrogen and oxygen atoms in total. The second kappa shape index (κ2) is 4.89. The van der Waals surface area contributed by atoms with E-state index in [0.717, 1.165) is 19.1 Å². The number of amides is 1. The standard InChI is InChI=1S/C13H15NO5S/c1-6(5-15)8-11(16)14-9(13(17)18)10(20-12(8)14)7-3-2-4-19-7/h5-8,12H,2-4H2,1H3,(H,17,18)/t6?,7?,8-,12?/m0/s1. The van der Waals surface area contributed by atoms with Crippen molar-refractivity contribution in [3.63, 3.8) is 0 Å². The molecule has 7 heteroatoms. The molecule has 4 atom stereocenters. The molecule has 3 aliphatic heterocycles. The highest BCUT2D eigenvalue weighted by molar-refractivity contribution is 8.04. The molecule has 0 aromatic rings. The Balaban J connectivity index is 1.90. The molecule has 0 bridgehead atoms. The molecule has 3 aliphatic rings. The molecule has 0 aromatic carbocycles. The number of hydrogen-bond acceptors (Lipinski definition) is 5. The fourth-order valence-corrected chi connectivity index (χ4v) is 4.67. The lowest BCUT2D eigenvalue weighted by Gasteiger charge is -2.43. The topological polar surface area (TPSA) is 83.9 Å². The quantitative estimate of drug-likeness (QED) is 0.611. The van der Waals surface area contributed by atoms with Crippen molar-refractivity contribution in [1.29, 1.82) is 0 Å². The summed E-state index contributed by atoms with van der Waals surface area (Å²) in [7, 11) is 0. The van der Waals surface area contributed by atoms with E-state index < -0.39 is 17.8 Å². The number of aldehydes is 1. The third-order valence-electron chi connectivity index (χ3n) is 4.01. The normalized spacial score (nSPS) is 34.0. The van der Waals surface area contributed by atoms with Gasteiger partial charge in [-0.15, -0.1) is 0 Å². The summed E-state index contributed by atoms with van der Waals surface area (Å²) in [5.41, 5.74) is 0.0475. The molecular weight excluding hydrogens is 282 g/mol. The van der Waals surface area contributed by atoms with E-state index in [9.17, 15) is 19.5 Å². The van der Waals surface area contributed by atoms with Crippen LogP contribution < -0.4 is 0 Å². The second-order valence-corrected chi connectivity index (χ2v) is 6.42. The van der Waals surface area contributed by atoms with E-state index in [4.69, 9.17) is 4.74 Å². The number of carbonyl (C=O) groups is 3. The van der Waals surface area contributed by atoms with Crippen molar-refractivity contribution in [3.8, 4) is 0 Å². The molecule has 0 aliphatic carbocycles. The summed E-state index contributed by atoms with van der Waals surface area (Å²) in [6, 6.07) is 0. The van der Waals surface area contributed by atoms with E-state index >= 15 is 0 Å². The van der Waals surface area contributed by atoms with E-state index in [0.29, 0.717) is 11.5 Å². The molecular formula is C13H15NO5S. The molecule has 0 saturated carbocycles. The Kier molecular flexibility index (Phi) is 3.33. The second-order valence-electron chi connectivity index (χ2n) is 5.26. The maximum absolute atomic E-state index is 12.1.